The Morgan fingerprint density at radius 3 is 2.52 bits per heavy atom. The van der Waals surface area contributed by atoms with Gasteiger partial charge in [0.2, 0.25) is 15.9 Å². The molecule has 29 heavy (non-hydrogen) atoms. The molecule has 3 aromatic rings. The van der Waals surface area contributed by atoms with Gasteiger partial charge >= 0.3 is 0 Å². The van der Waals surface area contributed by atoms with Gasteiger partial charge in [-0.2, -0.15) is 0 Å². The van der Waals surface area contributed by atoms with E-state index >= 15 is 0 Å². The second-order valence-electron chi connectivity index (χ2n) is 6.83. The van der Waals surface area contributed by atoms with Crippen molar-refractivity contribution in [3.8, 4) is 0 Å². The monoisotopic (exact) mass is 429 g/mol. The van der Waals surface area contributed by atoms with Gasteiger partial charge < -0.3 is 5.32 Å². The average Bonchev–Trinajstić information content (AvgIpc) is 2.67. The number of nitrogens with two attached hydrogens (primary N) is 1. The Labute approximate surface area is 175 Å². The molecule has 0 aliphatic heterocycles. The predicted octanol–water partition coefficient (Wildman–Crippen LogP) is 2.95. The van der Waals surface area contributed by atoms with Crippen molar-refractivity contribution in [2.75, 3.05) is 12.3 Å². The fourth-order valence-electron chi connectivity index (χ4n) is 2.99. The lowest BCUT2D eigenvalue weighted by molar-refractivity contribution is -0.118. The second kappa shape index (κ2) is 8.94. The minimum atomic E-state index is -3.69. The van der Waals surface area contributed by atoms with E-state index in [9.17, 15) is 13.2 Å². The fraction of sp³-hybridized carbons (Fsp3) is 0.238. The average molecular weight is 430 g/mol. The van der Waals surface area contributed by atoms with E-state index in [4.69, 9.17) is 5.14 Å². The van der Waals surface area contributed by atoms with E-state index in [1.165, 1.54) is 23.9 Å². The van der Waals surface area contributed by atoms with Gasteiger partial charge in [0.05, 0.1) is 21.2 Å². The van der Waals surface area contributed by atoms with Crippen LogP contribution in [0.1, 0.15) is 16.7 Å². The minimum Gasteiger partial charge on any atom is -0.355 e. The highest BCUT2D eigenvalue weighted by Crippen LogP contribution is 2.25. The summed E-state index contributed by atoms with van der Waals surface area (Å²) in [7, 11) is -3.69. The molecule has 0 unspecified atom stereocenters. The van der Waals surface area contributed by atoms with E-state index in [2.05, 4.69) is 23.3 Å². The number of nitrogens with one attached hydrogen (secondary N) is 1. The Morgan fingerprint density at radius 2 is 1.83 bits per heavy atom. The SMILES string of the molecule is Cc1cc(SCC(=O)NCCc2ccc(S(N)(=O)=O)cc2)nc2c(C)cccc12. The topological polar surface area (TPSA) is 102 Å². The molecule has 1 heterocycles. The molecule has 0 bridgehead atoms. The van der Waals surface area contributed by atoms with Gasteiger partial charge in [-0.25, -0.2) is 18.5 Å². The summed E-state index contributed by atoms with van der Waals surface area (Å²) in [5.41, 5.74) is 4.15. The molecular weight excluding hydrogens is 406 g/mol. The summed E-state index contributed by atoms with van der Waals surface area (Å²) in [6.07, 6.45) is 0.605. The number of pyridine rings is 1. The number of para-hydroxylation sites is 1. The number of sulfonamides is 1. The van der Waals surface area contributed by atoms with E-state index in [1.54, 1.807) is 12.1 Å². The van der Waals surface area contributed by atoms with Crippen LogP contribution in [0.2, 0.25) is 0 Å². The molecule has 2 aromatic carbocycles. The number of thioether (sulfide) groups is 1. The first-order valence-electron chi connectivity index (χ1n) is 9.12. The van der Waals surface area contributed by atoms with E-state index in [1.807, 2.05) is 25.1 Å². The van der Waals surface area contributed by atoms with E-state index in [0.717, 1.165) is 32.6 Å². The number of aryl methyl sites for hydroxylation is 2. The molecule has 0 fully saturated rings. The molecule has 0 saturated heterocycles. The van der Waals surface area contributed by atoms with Crippen LogP contribution in [0.25, 0.3) is 10.9 Å². The number of nitrogens with zero attached hydrogens (tertiary/aromatic N) is 1. The lowest BCUT2D eigenvalue weighted by atomic mass is 10.1. The molecular formula is C21H23N3O3S2. The maximum atomic E-state index is 12.2. The third-order valence-corrected chi connectivity index (χ3v) is 6.40. The van der Waals surface area contributed by atoms with Crippen molar-refractivity contribution < 1.29 is 13.2 Å². The van der Waals surface area contributed by atoms with E-state index in [-0.39, 0.29) is 16.6 Å². The van der Waals surface area contributed by atoms with Crippen LogP contribution >= 0.6 is 11.8 Å². The van der Waals surface area contributed by atoms with Crippen molar-refractivity contribution in [1.29, 1.82) is 0 Å². The molecule has 3 rings (SSSR count). The molecule has 0 aliphatic rings. The highest BCUT2D eigenvalue weighted by atomic mass is 32.2. The van der Waals surface area contributed by atoms with Gasteiger partial charge in [0.15, 0.2) is 0 Å². The summed E-state index contributed by atoms with van der Waals surface area (Å²) in [4.78, 5) is 16.9. The number of carbonyl (C=O) groups excluding carboxylic acids is 1. The van der Waals surface area contributed by atoms with Gasteiger partial charge in [-0.15, -0.1) is 0 Å². The molecule has 0 radical (unpaired) electrons. The minimum absolute atomic E-state index is 0.0690. The lowest BCUT2D eigenvalue weighted by Gasteiger charge is -2.09. The normalized spacial score (nSPS) is 11.6. The maximum absolute atomic E-state index is 12.2. The third kappa shape index (κ3) is 5.56. The predicted molar refractivity (Wildman–Crippen MR) is 116 cm³/mol. The summed E-state index contributed by atoms with van der Waals surface area (Å²) in [6, 6.07) is 14.5. The second-order valence-corrected chi connectivity index (χ2v) is 9.38. The van der Waals surface area contributed by atoms with Crippen molar-refractivity contribution in [3.05, 3.63) is 65.2 Å². The molecule has 8 heteroatoms. The molecule has 3 N–H and O–H groups in total. The number of primary sulfonamides is 1. The molecule has 152 valence electrons. The van der Waals surface area contributed by atoms with Gasteiger partial charge in [0, 0.05) is 11.9 Å². The van der Waals surface area contributed by atoms with Crippen LogP contribution in [-0.2, 0) is 21.2 Å². The number of aromatic nitrogens is 1. The van der Waals surface area contributed by atoms with Crippen molar-refractivity contribution in [1.82, 2.24) is 10.3 Å². The summed E-state index contributed by atoms with van der Waals surface area (Å²) < 4.78 is 22.5. The maximum Gasteiger partial charge on any atom is 0.238 e. The summed E-state index contributed by atoms with van der Waals surface area (Å²) >= 11 is 1.41. The Morgan fingerprint density at radius 1 is 1.10 bits per heavy atom. The van der Waals surface area contributed by atoms with Crippen LogP contribution < -0.4 is 10.5 Å². The molecule has 0 spiro atoms. The van der Waals surface area contributed by atoms with Crippen molar-refractivity contribution in [2.45, 2.75) is 30.2 Å². The zero-order valence-corrected chi connectivity index (χ0v) is 17.9. The first kappa shape index (κ1) is 21.3. The number of carbonyl (C=O) groups is 1. The van der Waals surface area contributed by atoms with Crippen LogP contribution in [0.15, 0.2) is 58.5 Å². The Balaban J connectivity index is 1.51. The third-order valence-electron chi connectivity index (χ3n) is 4.56. The van der Waals surface area contributed by atoms with Gasteiger partial charge in [0.1, 0.15) is 0 Å². The quantitative estimate of drug-likeness (QED) is 0.562. The van der Waals surface area contributed by atoms with Crippen molar-refractivity contribution in [2.24, 2.45) is 5.14 Å². The number of benzene rings is 2. The van der Waals surface area contributed by atoms with Crippen LogP contribution in [0, 0.1) is 13.8 Å². The summed E-state index contributed by atoms with van der Waals surface area (Å²) in [6.45, 7) is 4.55. The van der Waals surface area contributed by atoms with Crippen LogP contribution in [0.5, 0.6) is 0 Å². The van der Waals surface area contributed by atoms with Gasteiger partial charge in [-0.3, -0.25) is 4.79 Å². The zero-order valence-electron chi connectivity index (χ0n) is 16.3. The lowest BCUT2D eigenvalue weighted by Crippen LogP contribution is -2.27. The highest BCUT2D eigenvalue weighted by molar-refractivity contribution is 7.99. The standard InChI is InChI=1S/C21H23N3O3S2/c1-14-4-3-5-18-15(2)12-20(24-21(14)18)28-13-19(25)23-11-10-16-6-8-17(9-7-16)29(22,26)27/h3-9,12H,10-11,13H2,1-2H3,(H,23,25)(H2,22,26,27). The Hall–Kier alpha value is -2.42. The molecule has 0 aliphatic carbocycles. The zero-order chi connectivity index (χ0) is 21.0. The largest absolute Gasteiger partial charge is 0.355 e. The fourth-order valence-corrected chi connectivity index (χ4v) is 4.30. The van der Waals surface area contributed by atoms with Crippen LogP contribution in [-0.4, -0.2) is 31.6 Å². The summed E-state index contributed by atoms with van der Waals surface area (Å²) in [5.74, 6) is 0.217. The molecule has 0 atom stereocenters. The Kier molecular flexibility index (Phi) is 6.56. The summed E-state index contributed by atoms with van der Waals surface area (Å²) in [5, 5.41) is 9.93. The van der Waals surface area contributed by atoms with Crippen molar-refractivity contribution >= 4 is 38.6 Å². The van der Waals surface area contributed by atoms with E-state index < -0.39 is 10.0 Å². The molecule has 6 nitrogen and oxygen atoms in total. The molecule has 1 aromatic heterocycles. The van der Waals surface area contributed by atoms with Gasteiger partial charge in [0.25, 0.3) is 0 Å². The van der Waals surface area contributed by atoms with Crippen molar-refractivity contribution in [3.63, 3.8) is 0 Å². The Bertz CT molecular complexity index is 1140. The number of rotatable bonds is 7. The van der Waals surface area contributed by atoms with Gasteiger partial charge in [-0.05, 0) is 55.2 Å². The molecule has 1 amide bonds. The number of fused-ring (bicyclic) bond motifs is 1. The highest BCUT2D eigenvalue weighted by Gasteiger charge is 2.09. The number of hydrogen-bond acceptors (Lipinski definition) is 5. The number of amides is 1. The van der Waals surface area contributed by atoms with Gasteiger partial charge in [-0.1, -0.05) is 42.1 Å². The molecule has 0 saturated carbocycles. The van der Waals surface area contributed by atoms with Crippen LogP contribution in [0.3, 0.4) is 0 Å². The van der Waals surface area contributed by atoms with E-state index in [0.29, 0.717) is 13.0 Å². The number of hydrogen-bond donors (Lipinski definition) is 2. The van der Waals surface area contributed by atoms with Crippen LogP contribution in [0.4, 0.5) is 0 Å². The smallest absolute Gasteiger partial charge is 0.238 e. The first-order chi connectivity index (χ1) is 13.7. The first-order valence-corrected chi connectivity index (χ1v) is 11.7.